The molecule has 0 aliphatic carbocycles. The number of nitrogens with zero attached hydrogens (tertiary/aromatic N) is 1. The molecule has 21 heavy (non-hydrogen) atoms. The van der Waals surface area contributed by atoms with Gasteiger partial charge in [0.1, 0.15) is 0 Å². The lowest BCUT2D eigenvalue weighted by atomic mass is 9.87. The Morgan fingerprint density at radius 3 is 2.43 bits per heavy atom. The number of aromatic nitrogens is 1. The van der Waals surface area contributed by atoms with Gasteiger partial charge < -0.3 is 5.11 Å². The number of aliphatic hydroxyl groups is 1. The van der Waals surface area contributed by atoms with E-state index in [4.69, 9.17) is 0 Å². The largest absolute Gasteiger partial charge is 0.388 e. The van der Waals surface area contributed by atoms with Crippen LogP contribution in [0.2, 0.25) is 0 Å². The minimum atomic E-state index is -0.533. The molecule has 0 amide bonds. The van der Waals surface area contributed by atoms with Crippen molar-refractivity contribution in [2.24, 2.45) is 0 Å². The minimum absolute atomic E-state index is 0.0918. The van der Waals surface area contributed by atoms with E-state index in [9.17, 15) is 5.11 Å². The summed E-state index contributed by atoms with van der Waals surface area (Å²) in [7, 11) is 0. The average molecular weight is 277 g/mol. The fourth-order valence-electron chi connectivity index (χ4n) is 2.82. The van der Waals surface area contributed by atoms with E-state index in [0.29, 0.717) is 0 Å². The molecule has 0 radical (unpaired) electrons. The van der Waals surface area contributed by atoms with Gasteiger partial charge in [-0.2, -0.15) is 0 Å². The molecule has 0 spiro atoms. The van der Waals surface area contributed by atoms with Gasteiger partial charge in [0.2, 0.25) is 0 Å². The van der Waals surface area contributed by atoms with Gasteiger partial charge in [0.25, 0.3) is 0 Å². The standard InChI is InChI=1S/C19H19NO/c1-2-17(14-8-4-3-5-9-14)19(21)16-12-15-10-6-7-11-18(15)20-13-16/h3-13,17,19,21H,2H2,1H3. The van der Waals surface area contributed by atoms with Crippen LogP contribution in [0.3, 0.4) is 0 Å². The Balaban J connectivity index is 1.96. The fourth-order valence-corrected chi connectivity index (χ4v) is 2.82. The Bertz CT molecular complexity index is 724. The van der Waals surface area contributed by atoms with E-state index in [1.165, 1.54) is 5.56 Å². The van der Waals surface area contributed by atoms with Crippen LogP contribution >= 0.6 is 0 Å². The zero-order valence-electron chi connectivity index (χ0n) is 12.1. The van der Waals surface area contributed by atoms with Crippen molar-refractivity contribution in [1.82, 2.24) is 4.98 Å². The Hall–Kier alpha value is -2.19. The highest BCUT2D eigenvalue weighted by molar-refractivity contribution is 5.78. The summed E-state index contributed by atoms with van der Waals surface area (Å²) in [5, 5.41) is 11.8. The van der Waals surface area contributed by atoms with Crippen LogP contribution in [-0.2, 0) is 0 Å². The molecule has 0 aliphatic heterocycles. The number of pyridine rings is 1. The van der Waals surface area contributed by atoms with Crippen molar-refractivity contribution >= 4 is 10.9 Å². The molecule has 1 heterocycles. The van der Waals surface area contributed by atoms with Crippen molar-refractivity contribution in [2.75, 3.05) is 0 Å². The summed E-state index contributed by atoms with van der Waals surface area (Å²) < 4.78 is 0. The lowest BCUT2D eigenvalue weighted by Crippen LogP contribution is -2.10. The second kappa shape index (κ2) is 6.06. The summed E-state index contributed by atoms with van der Waals surface area (Å²) >= 11 is 0. The Kier molecular flexibility index (Phi) is 3.98. The third-order valence-electron chi connectivity index (χ3n) is 4.00. The van der Waals surface area contributed by atoms with E-state index in [1.54, 1.807) is 6.20 Å². The van der Waals surface area contributed by atoms with Crippen LogP contribution in [0.15, 0.2) is 66.9 Å². The van der Waals surface area contributed by atoms with Gasteiger partial charge in [-0.15, -0.1) is 0 Å². The number of hydrogen-bond acceptors (Lipinski definition) is 2. The molecule has 3 rings (SSSR count). The van der Waals surface area contributed by atoms with Gasteiger partial charge in [-0.05, 0) is 24.1 Å². The molecule has 106 valence electrons. The number of para-hydroxylation sites is 1. The second-order valence-corrected chi connectivity index (χ2v) is 5.33. The molecule has 0 fully saturated rings. The topological polar surface area (TPSA) is 33.1 Å². The Morgan fingerprint density at radius 2 is 1.67 bits per heavy atom. The molecular weight excluding hydrogens is 258 g/mol. The van der Waals surface area contributed by atoms with E-state index in [2.05, 4.69) is 24.0 Å². The van der Waals surface area contributed by atoms with E-state index in [0.717, 1.165) is 22.9 Å². The molecule has 2 atom stereocenters. The maximum absolute atomic E-state index is 10.8. The molecule has 0 saturated carbocycles. The zero-order valence-corrected chi connectivity index (χ0v) is 12.1. The van der Waals surface area contributed by atoms with Crippen LogP contribution in [0.4, 0.5) is 0 Å². The molecule has 2 unspecified atom stereocenters. The van der Waals surface area contributed by atoms with E-state index in [1.807, 2.05) is 48.5 Å². The fraction of sp³-hybridized carbons (Fsp3) is 0.211. The summed E-state index contributed by atoms with van der Waals surface area (Å²) in [6.07, 6.45) is 2.14. The third-order valence-corrected chi connectivity index (χ3v) is 4.00. The smallest absolute Gasteiger partial charge is 0.0873 e. The summed E-state index contributed by atoms with van der Waals surface area (Å²) in [4.78, 5) is 4.45. The first-order valence-electron chi connectivity index (χ1n) is 7.37. The van der Waals surface area contributed by atoms with Gasteiger partial charge in [-0.1, -0.05) is 55.5 Å². The van der Waals surface area contributed by atoms with Gasteiger partial charge in [0.15, 0.2) is 0 Å². The zero-order chi connectivity index (χ0) is 14.7. The van der Waals surface area contributed by atoms with Crippen molar-refractivity contribution in [3.63, 3.8) is 0 Å². The van der Waals surface area contributed by atoms with Crippen molar-refractivity contribution < 1.29 is 5.11 Å². The Morgan fingerprint density at radius 1 is 0.952 bits per heavy atom. The number of benzene rings is 2. The van der Waals surface area contributed by atoms with E-state index in [-0.39, 0.29) is 5.92 Å². The first-order valence-corrected chi connectivity index (χ1v) is 7.37. The normalized spacial score (nSPS) is 14.0. The molecule has 2 heteroatoms. The molecule has 1 aromatic heterocycles. The van der Waals surface area contributed by atoms with Gasteiger partial charge in [0.05, 0.1) is 11.6 Å². The van der Waals surface area contributed by atoms with Crippen molar-refractivity contribution in [3.8, 4) is 0 Å². The molecule has 2 aromatic carbocycles. The highest BCUT2D eigenvalue weighted by atomic mass is 16.3. The highest BCUT2D eigenvalue weighted by Crippen LogP contribution is 2.34. The van der Waals surface area contributed by atoms with Crippen LogP contribution in [0.25, 0.3) is 10.9 Å². The quantitative estimate of drug-likeness (QED) is 0.763. The van der Waals surface area contributed by atoms with E-state index >= 15 is 0 Å². The van der Waals surface area contributed by atoms with Crippen molar-refractivity contribution in [2.45, 2.75) is 25.4 Å². The average Bonchev–Trinajstić information content (AvgIpc) is 2.56. The molecule has 1 N–H and O–H groups in total. The van der Waals surface area contributed by atoms with Crippen LogP contribution < -0.4 is 0 Å². The van der Waals surface area contributed by atoms with Gasteiger partial charge in [0, 0.05) is 23.1 Å². The minimum Gasteiger partial charge on any atom is -0.388 e. The molecule has 0 bridgehead atoms. The summed E-state index contributed by atoms with van der Waals surface area (Å²) in [6, 6.07) is 20.2. The Labute approximate surface area is 125 Å². The van der Waals surface area contributed by atoms with Gasteiger partial charge in [-0.25, -0.2) is 0 Å². The first kappa shape index (κ1) is 13.8. The van der Waals surface area contributed by atoms with Gasteiger partial charge in [-0.3, -0.25) is 4.98 Å². The third kappa shape index (κ3) is 2.81. The molecule has 3 aromatic rings. The van der Waals surface area contributed by atoms with E-state index < -0.39 is 6.10 Å². The van der Waals surface area contributed by atoms with Crippen LogP contribution in [0.1, 0.15) is 36.5 Å². The van der Waals surface area contributed by atoms with Crippen LogP contribution in [-0.4, -0.2) is 10.1 Å². The number of hydrogen-bond donors (Lipinski definition) is 1. The van der Waals surface area contributed by atoms with Gasteiger partial charge >= 0.3 is 0 Å². The predicted octanol–water partition coefficient (Wildman–Crippen LogP) is 4.46. The maximum Gasteiger partial charge on any atom is 0.0873 e. The van der Waals surface area contributed by atoms with Crippen LogP contribution in [0.5, 0.6) is 0 Å². The SMILES string of the molecule is CCC(c1ccccc1)C(O)c1cnc2ccccc2c1. The maximum atomic E-state index is 10.8. The summed E-state index contributed by atoms with van der Waals surface area (Å²) in [5.41, 5.74) is 3.01. The summed E-state index contributed by atoms with van der Waals surface area (Å²) in [6.45, 7) is 2.11. The lowest BCUT2D eigenvalue weighted by Gasteiger charge is -2.22. The monoisotopic (exact) mass is 277 g/mol. The molecule has 0 saturated heterocycles. The van der Waals surface area contributed by atoms with Crippen molar-refractivity contribution in [3.05, 3.63) is 78.0 Å². The molecule has 2 nitrogen and oxygen atoms in total. The number of rotatable bonds is 4. The molecular formula is C19H19NO. The summed E-state index contributed by atoms with van der Waals surface area (Å²) in [5.74, 6) is 0.0918. The second-order valence-electron chi connectivity index (χ2n) is 5.33. The predicted molar refractivity (Wildman–Crippen MR) is 86.2 cm³/mol. The number of fused-ring (bicyclic) bond motifs is 1. The molecule has 0 aliphatic rings. The van der Waals surface area contributed by atoms with Crippen LogP contribution in [0, 0.1) is 0 Å². The van der Waals surface area contributed by atoms with Crippen molar-refractivity contribution in [1.29, 1.82) is 0 Å². The number of aliphatic hydroxyl groups excluding tert-OH is 1. The first-order chi connectivity index (χ1) is 10.3. The lowest BCUT2D eigenvalue weighted by molar-refractivity contribution is 0.142. The highest BCUT2D eigenvalue weighted by Gasteiger charge is 2.21.